The number of methoxy groups -OCH3 is 1. The van der Waals surface area contributed by atoms with E-state index in [4.69, 9.17) is 9.72 Å². The second-order valence-corrected chi connectivity index (χ2v) is 8.39. The van der Waals surface area contributed by atoms with E-state index in [0.717, 1.165) is 58.9 Å². The van der Waals surface area contributed by atoms with Gasteiger partial charge < -0.3 is 9.64 Å². The van der Waals surface area contributed by atoms with E-state index in [1.807, 2.05) is 60.4 Å². The Hall–Kier alpha value is -3.74. The molecule has 1 aliphatic rings. The van der Waals surface area contributed by atoms with Gasteiger partial charge in [0.25, 0.3) is 0 Å². The monoisotopic (exact) mass is 441 g/mol. The summed E-state index contributed by atoms with van der Waals surface area (Å²) in [6.07, 6.45) is 4.85. The molecule has 4 aromatic rings. The summed E-state index contributed by atoms with van der Waals surface area (Å²) in [5, 5.41) is 5.66. The number of hydrogen-bond acceptors (Lipinski definition) is 5. The topological polar surface area (TPSA) is 73.1 Å². The second-order valence-electron chi connectivity index (χ2n) is 8.39. The van der Waals surface area contributed by atoms with Crippen LogP contribution < -0.4 is 4.74 Å². The summed E-state index contributed by atoms with van der Waals surface area (Å²) in [6, 6.07) is 17.7. The lowest BCUT2D eigenvalue weighted by molar-refractivity contribution is -0.132. The number of carbonyl (C=O) groups excluding carboxylic acids is 1. The minimum absolute atomic E-state index is 0.00911. The predicted molar refractivity (Wildman–Crippen MR) is 126 cm³/mol. The first-order valence-electron chi connectivity index (χ1n) is 11.3. The highest BCUT2D eigenvalue weighted by molar-refractivity contribution is 5.80. The number of benzene rings is 1. The number of carbonyl (C=O) groups is 1. The highest BCUT2D eigenvalue weighted by atomic mass is 16.5. The standard InChI is InChI=1S/C26H27N5O2/c1-18-21-13-14-22(28-26(21)31(29-18)24-7-3-4-16-27-24)23-6-5-17-30(23)25(32)15-10-19-8-11-20(33-2)12-9-19/h3-4,7-9,11-14,16,23H,5-6,10,15,17H2,1-2H3. The van der Waals surface area contributed by atoms with Gasteiger partial charge in [0, 0.05) is 24.5 Å². The van der Waals surface area contributed by atoms with Crippen LogP contribution in [0.2, 0.25) is 0 Å². The van der Waals surface area contributed by atoms with Crippen LogP contribution in [0.25, 0.3) is 16.9 Å². The molecule has 1 aromatic carbocycles. The van der Waals surface area contributed by atoms with E-state index in [1.165, 1.54) is 0 Å². The lowest BCUT2D eigenvalue weighted by Crippen LogP contribution is -2.31. The number of nitrogens with zero attached hydrogens (tertiary/aromatic N) is 5. The first kappa shape index (κ1) is 21.1. The number of ether oxygens (including phenoxy) is 1. The van der Waals surface area contributed by atoms with Crippen LogP contribution in [0.3, 0.4) is 0 Å². The molecule has 0 N–H and O–H groups in total. The smallest absolute Gasteiger partial charge is 0.223 e. The Morgan fingerprint density at radius 2 is 1.97 bits per heavy atom. The third kappa shape index (κ3) is 4.18. The van der Waals surface area contributed by atoms with Crippen molar-refractivity contribution in [2.75, 3.05) is 13.7 Å². The molecule has 1 fully saturated rings. The Bertz CT molecular complexity index is 1270. The molecular weight excluding hydrogens is 414 g/mol. The van der Waals surface area contributed by atoms with Crippen molar-refractivity contribution in [2.24, 2.45) is 0 Å². The predicted octanol–water partition coefficient (Wildman–Crippen LogP) is 4.43. The minimum atomic E-state index is -0.00911. The summed E-state index contributed by atoms with van der Waals surface area (Å²) in [5.74, 6) is 1.73. The maximum Gasteiger partial charge on any atom is 0.223 e. The van der Waals surface area contributed by atoms with Gasteiger partial charge in [0.05, 0.1) is 24.5 Å². The zero-order chi connectivity index (χ0) is 22.8. The van der Waals surface area contributed by atoms with Crippen LogP contribution in [0, 0.1) is 6.92 Å². The second kappa shape index (κ2) is 9.02. The fourth-order valence-corrected chi connectivity index (χ4v) is 4.54. The van der Waals surface area contributed by atoms with Crippen molar-refractivity contribution in [2.45, 2.75) is 38.6 Å². The number of fused-ring (bicyclic) bond motifs is 1. The lowest BCUT2D eigenvalue weighted by Gasteiger charge is -2.24. The van der Waals surface area contributed by atoms with Crippen molar-refractivity contribution in [3.05, 3.63) is 77.7 Å². The number of hydrogen-bond donors (Lipinski definition) is 0. The molecule has 168 valence electrons. The minimum Gasteiger partial charge on any atom is -0.497 e. The third-order valence-electron chi connectivity index (χ3n) is 6.30. The molecule has 1 unspecified atom stereocenters. The van der Waals surface area contributed by atoms with Crippen LogP contribution in [0.5, 0.6) is 5.75 Å². The first-order valence-corrected chi connectivity index (χ1v) is 11.3. The molecule has 7 heteroatoms. The van der Waals surface area contributed by atoms with Crippen molar-refractivity contribution in [3.63, 3.8) is 0 Å². The Morgan fingerprint density at radius 1 is 1.12 bits per heavy atom. The fourth-order valence-electron chi connectivity index (χ4n) is 4.54. The van der Waals surface area contributed by atoms with Crippen LogP contribution in [0.4, 0.5) is 0 Å². The number of rotatable bonds is 6. The Labute approximate surface area is 193 Å². The summed E-state index contributed by atoms with van der Waals surface area (Å²) in [7, 11) is 1.65. The number of pyridine rings is 2. The van der Waals surface area contributed by atoms with Gasteiger partial charge in [0.1, 0.15) is 5.75 Å². The molecule has 0 radical (unpaired) electrons. The molecule has 0 bridgehead atoms. The van der Waals surface area contributed by atoms with Gasteiger partial charge in [-0.2, -0.15) is 9.78 Å². The normalized spacial score (nSPS) is 15.8. The van der Waals surface area contributed by atoms with Crippen molar-refractivity contribution in [1.82, 2.24) is 24.6 Å². The molecule has 0 saturated carbocycles. The van der Waals surface area contributed by atoms with E-state index < -0.39 is 0 Å². The molecule has 5 rings (SSSR count). The van der Waals surface area contributed by atoms with E-state index in [9.17, 15) is 4.79 Å². The van der Waals surface area contributed by atoms with Crippen LogP contribution in [-0.4, -0.2) is 44.2 Å². The average molecular weight is 442 g/mol. The first-order chi connectivity index (χ1) is 16.1. The highest BCUT2D eigenvalue weighted by Gasteiger charge is 2.31. The zero-order valence-corrected chi connectivity index (χ0v) is 18.9. The van der Waals surface area contributed by atoms with Crippen LogP contribution in [-0.2, 0) is 11.2 Å². The van der Waals surface area contributed by atoms with Gasteiger partial charge in [0.2, 0.25) is 5.91 Å². The Morgan fingerprint density at radius 3 is 2.73 bits per heavy atom. The molecule has 0 spiro atoms. The molecule has 1 saturated heterocycles. The van der Waals surface area contributed by atoms with E-state index >= 15 is 0 Å². The highest BCUT2D eigenvalue weighted by Crippen LogP contribution is 2.33. The lowest BCUT2D eigenvalue weighted by atomic mass is 10.1. The summed E-state index contributed by atoms with van der Waals surface area (Å²) in [6.45, 7) is 2.75. The maximum atomic E-state index is 13.1. The summed E-state index contributed by atoms with van der Waals surface area (Å²) in [5.41, 5.74) is 3.74. The summed E-state index contributed by atoms with van der Waals surface area (Å²) in [4.78, 5) is 24.5. The van der Waals surface area contributed by atoms with E-state index in [0.29, 0.717) is 12.8 Å². The molecule has 1 aliphatic heterocycles. The van der Waals surface area contributed by atoms with E-state index in [-0.39, 0.29) is 11.9 Å². The number of aromatic nitrogens is 4. The number of amides is 1. The van der Waals surface area contributed by atoms with Gasteiger partial charge in [-0.25, -0.2) is 9.97 Å². The SMILES string of the molecule is COc1ccc(CCC(=O)N2CCCC2c2ccc3c(C)nn(-c4ccccn4)c3n2)cc1. The largest absolute Gasteiger partial charge is 0.497 e. The fraction of sp³-hybridized carbons (Fsp3) is 0.308. The van der Waals surface area contributed by atoms with Gasteiger partial charge in [0.15, 0.2) is 11.5 Å². The quantitative estimate of drug-likeness (QED) is 0.443. The van der Waals surface area contributed by atoms with Crippen LogP contribution in [0.15, 0.2) is 60.8 Å². The molecule has 33 heavy (non-hydrogen) atoms. The van der Waals surface area contributed by atoms with Crippen molar-refractivity contribution in [1.29, 1.82) is 0 Å². The molecule has 4 heterocycles. The van der Waals surface area contributed by atoms with Gasteiger partial charge in [-0.15, -0.1) is 0 Å². The maximum absolute atomic E-state index is 13.1. The number of likely N-dealkylation sites (tertiary alicyclic amines) is 1. The van der Waals surface area contributed by atoms with Gasteiger partial charge in [-0.1, -0.05) is 18.2 Å². The molecule has 1 atom stereocenters. The van der Waals surface area contributed by atoms with Gasteiger partial charge in [-0.05, 0) is 68.1 Å². The van der Waals surface area contributed by atoms with Crippen molar-refractivity contribution in [3.8, 4) is 11.6 Å². The van der Waals surface area contributed by atoms with Crippen molar-refractivity contribution >= 4 is 16.9 Å². The molecular formula is C26H27N5O2. The molecule has 0 aliphatic carbocycles. The molecule has 7 nitrogen and oxygen atoms in total. The summed E-state index contributed by atoms with van der Waals surface area (Å²) >= 11 is 0. The van der Waals surface area contributed by atoms with Crippen molar-refractivity contribution < 1.29 is 9.53 Å². The molecule has 1 amide bonds. The molecule has 3 aromatic heterocycles. The summed E-state index contributed by atoms with van der Waals surface area (Å²) < 4.78 is 7.01. The Kier molecular flexibility index (Phi) is 5.77. The van der Waals surface area contributed by atoms with Crippen LogP contribution >= 0.6 is 0 Å². The van der Waals surface area contributed by atoms with E-state index in [2.05, 4.69) is 16.1 Å². The van der Waals surface area contributed by atoms with Crippen LogP contribution in [0.1, 0.15) is 42.3 Å². The van der Waals surface area contributed by atoms with Gasteiger partial charge in [-0.3, -0.25) is 4.79 Å². The Balaban J connectivity index is 1.37. The van der Waals surface area contributed by atoms with Gasteiger partial charge >= 0.3 is 0 Å². The van der Waals surface area contributed by atoms with E-state index in [1.54, 1.807) is 18.0 Å². The third-order valence-corrected chi connectivity index (χ3v) is 6.30. The zero-order valence-electron chi connectivity index (χ0n) is 18.9. The number of aryl methyl sites for hydroxylation is 2. The average Bonchev–Trinajstić information content (AvgIpc) is 3.48.